The lowest BCUT2D eigenvalue weighted by Gasteiger charge is -2.36. The van der Waals surface area contributed by atoms with Gasteiger partial charge >= 0.3 is 0 Å². The first-order chi connectivity index (χ1) is 30.2. The largest absolute Gasteiger partial charge is 0.354 e. The third kappa shape index (κ3) is 4.45. The molecule has 3 aliphatic rings. The molecule has 292 valence electrons. The zero-order valence-corrected chi connectivity index (χ0v) is 36.0. The van der Waals surface area contributed by atoms with E-state index in [1.165, 1.54) is 136 Å². The quantitative estimate of drug-likeness (QED) is 0.172. The van der Waals surface area contributed by atoms with Gasteiger partial charge in [-0.25, -0.2) is 0 Å². The molecule has 0 saturated carbocycles. The van der Waals surface area contributed by atoms with Crippen molar-refractivity contribution < 1.29 is 0 Å². The lowest BCUT2D eigenvalue weighted by atomic mass is 9.57. The standard InChI is InChI=1S/C58H41BN2S/c1-57(2)45-21-10-7-16-35(45)40-28-34(24-25-47(40)57)61-51-30-41-36-17-8-11-22-46(36)58(3,4)48(41)31-49(51)59-53-43(29-44-37-18-9-12-23-52(37)62-56(44)55(53)61)39-20-13-19-38-42-26-32-14-5-6-15-33(32)27-50(42)60-54(38)39/h5-31,59-60H,1-4H3. The van der Waals surface area contributed by atoms with Crippen LogP contribution in [-0.4, -0.2) is 12.3 Å². The summed E-state index contributed by atoms with van der Waals surface area (Å²) in [6.45, 7) is 9.58. The third-order valence-electron chi connectivity index (χ3n) is 15.0. The van der Waals surface area contributed by atoms with Crippen LogP contribution in [0.15, 0.2) is 164 Å². The highest BCUT2D eigenvalue weighted by atomic mass is 32.1. The molecule has 4 heteroatoms. The molecule has 0 saturated heterocycles. The molecule has 0 radical (unpaired) electrons. The Hall–Kier alpha value is -6.88. The molecular weight excluding hydrogens is 768 g/mol. The summed E-state index contributed by atoms with van der Waals surface area (Å²) in [6.07, 6.45) is 0. The molecule has 9 aromatic carbocycles. The number of thiophene rings is 1. The van der Waals surface area contributed by atoms with E-state index in [0.29, 0.717) is 0 Å². The SMILES string of the molecule is CC1(C)c2ccccc2-c2cc(N3c4cc5c(cc4Bc4c(-c6cccc7c6[nH]c6cc8ccccc8cc67)cc6c(sc7ccccc76)c43)C(C)(C)c3ccccc3-5)ccc21. The van der Waals surface area contributed by atoms with Gasteiger partial charge in [-0.3, -0.25) is 0 Å². The lowest BCUT2D eigenvalue weighted by molar-refractivity contribution is 0.660. The van der Waals surface area contributed by atoms with Gasteiger partial charge in [0.2, 0.25) is 0 Å². The minimum Gasteiger partial charge on any atom is -0.354 e. The topological polar surface area (TPSA) is 19.0 Å². The Morgan fingerprint density at radius 3 is 1.94 bits per heavy atom. The van der Waals surface area contributed by atoms with Crippen LogP contribution in [0.5, 0.6) is 0 Å². The molecular formula is C58H41BN2S. The second-order valence-electron chi connectivity index (χ2n) is 18.9. The molecule has 0 amide bonds. The van der Waals surface area contributed by atoms with E-state index in [9.17, 15) is 0 Å². The number of para-hydroxylation sites is 1. The van der Waals surface area contributed by atoms with Crippen LogP contribution in [0, 0.1) is 0 Å². The van der Waals surface area contributed by atoms with Gasteiger partial charge in [-0.05, 0) is 109 Å². The van der Waals surface area contributed by atoms with Crippen molar-refractivity contribution >= 4 is 99.4 Å². The van der Waals surface area contributed by atoms with Gasteiger partial charge in [0.15, 0.2) is 7.28 Å². The lowest BCUT2D eigenvalue weighted by Crippen LogP contribution is -2.41. The fraction of sp³-hybridized carbons (Fsp3) is 0.103. The zero-order valence-electron chi connectivity index (χ0n) is 35.2. The monoisotopic (exact) mass is 808 g/mol. The number of H-pyrrole nitrogens is 1. The molecule has 0 atom stereocenters. The van der Waals surface area contributed by atoms with Gasteiger partial charge in [-0.15, -0.1) is 11.3 Å². The average molecular weight is 809 g/mol. The second-order valence-corrected chi connectivity index (χ2v) is 20.0. The van der Waals surface area contributed by atoms with E-state index in [0.717, 1.165) is 7.28 Å². The minimum absolute atomic E-state index is 0.0751. The van der Waals surface area contributed by atoms with Crippen molar-refractivity contribution in [3.63, 3.8) is 0 Å². The maximum absolute atomic E-state index is 3.97. The number of anilines is 3. The molecule has 0 fully saturated rings. The first-order valence-electron chi connectivity index (χ1n) is 22.0. The molecule has 2 aromatic heterocycles. The average Bonchev–Trinajstić information content (AvgIpc) is 3.99. The Balaban J connectivity index is 1.11. The number of nitrogens with zero attached hydrogens (tertiary/aromatic N) is 1. The van der Waals surface area contributed by atoms with E-state index in [-0.39, 0.29) is 10.8 Å². The first kappa shape index (κ1) is 34.8. The summed E-state index contributed by atoms with van der Waals surface area (Å²) in [5.74, 6) is 0. The number of hydrogen-bond donors (Lipinski definition) is 1. The Bertz CT molecular complexity index is 3810. The van der Waals surface area contributed by atoms with E-state index in [4.69, 9.17) is 0 Å². The molecule has 1 aliphatic heterocycles. The van der Waals surface area contributed by atoms with E-state index in [1.807, 2.05) is 11.3 Å². The number of fused-ring (bicyclic) bond motifs is 16. The molecule has 11 aromatic rings. The Morgan fingerprint density at radius 1 is 0.484 bits per heavy atom. The summed E-state index contributed by atoms with van der Waals surface area (Å²) in [4.78, 5) is 6.64. The van der Waals surface area contributed by atoms with Crippen molar-refractivity contribution in [3.8, 4) is 33.4 Å². The van der Waals surface area contributed by atoms with Gasteiger partial charge in [-0.2, -0.15) is 0 Å². The van der Waals surface area contributed by atoms with Crippen LogP contribution in [-0.2, 0) is 10.8 Å². The Morgan fingerprint density at radius 2 is 1.13 bits per heavy atom. The summed E-state index contributed by atoms with van der Waals surface area (Å²) in [5.41, 5.74) is 22.3. The van der Waals surface area contributed by atoms with E-state index in [1.54, 1.807) is 0 Å². The second kappa shape index (κ2) is 11.9. The molecule has 0 unspecified atom stereocenters. The van der Waals surface area contributed by atoms with Crippen LogP contribution in [0.4, 0.5) is 17.1 Å². The van der Waals surface area contributed by atoms with Crippen molar-refractivity contribution in [2.45, 2.75) is 38.5 Å². The van der Waals surface area contributed by atoms with Crippen LogP contribution < -0.4 is 15.8 Å². The van der Waals surface area contributed by atoms with Gasteiger partial charge in [0.05, 0.1) is 15.9 Å². The molecule has 62 heavy (non-hydrogen) atoms. The minimum atomic E-state index is -0.104. The predicted molar refractivity (Wildman–Crippen MR) is 268 cm³/mol. The fourth-order valence-corrected chi connectivity index (χ4v) is 13.2. The molecule has 2 nitrogen and oxygen atoms in total. The summed E-state index contributed by atoms with van der Waals surface area (Å²) in [5, 5.41) is 7.67. The van der Waals surface area contributed by atoms with Crippen molar-refractivity contribution in [2.75, 3.05) is 4.90 Å². The molecule has 3 heterocycles. The summed E-state index contributed by atoms with van der Waals surface area (Å²) >= 11 is 1.94. The maximum Gasteiger partial charge on any atom is 0.198 e. The third-order valence-corrected chi connectivity index (χ3v) is 16.2. The van der Waals surface area contributed by atoms with Crippen molar-refractivity contribution in [1.29, 1.82) is 0 Å². The van der Waals surface area contributed by atoms with Crippen LogP contribution in [0.2, 0.25) is 0 Å². The van der Waals surface area contributed by atoms with Gasteiger partial charge in [0, 0.05) is 59.5 Å². The number of hydrogen-bond acceptors (Lipinski definition) is 2. The van der Waals surface area contributed by atoms with Crippen molar-refractivity contribution in [3.05, 3.63) is 186 Å². The highest BCUT2D eigenvalue weighted by Crippen LogP contribution is 2.55. The van der Waals surface area contributed by atoms with Crippen molar-refractivity contribution in [2.24, 2.45) is 0 Å². The number of benzene rings is 9. The number of aromatic nitrogens is 1. The van der Waals surface area contributed by atoms with Gasteiger partial charge in [0.1, 0.15) is 0 Å². The highest BCUT2D eigenvalue weighted by Gasteiger charge is 2.40. The van der Waals surface area contributed by atoms with Crippen LogP contribution in [0.1, 0.15) is 49.9 Å². The zero-order chi connectivity index (χ0) is 41.2. The van der Waals surface area contributed by atoms with Crippen molar-refractivity contribution in [1.82, 2.24) is 4.98 Å². The summed E-state index contributed by atoms with van der Waals surface area (Å²) < 4.78 is 2.66. The number of nitrogens with one attached hydrogen (secondary N) is 1. The predicted octanol–water partition coefficient (Wildman–Crippen LogP) is 14.3. The molecule has 0 spiro atoms. The summed E-state index contributed by atoms with van der Waals surface area (Å²) in [7, 11) is 0.835. The maximum atomic E-state index is 3.97. The summed E-state index contributed by atoms with van der Waals surface area (Å²) in [6, 6.07) is 62.4. The first-order valence-corrected chi connectivity index (χ1v) is 22.8. The van der Waals surface area contributed by atoms with Crippen LogP contribution >= 0.6 is 11.3 Å². The smallest absolute Gasteiger partial charge is 0.198 e. The van der Waals surface area contributed by atoms with Gasteiger partial charge in [-0.1, -0.05) is 154 Å². The van der Waals surface area contributed by atoms with Crippen LogP contribution in [0.25, 0.3) is 86.1 Å². The van der Waals surface area contributed by atoms with Gasteiger partial charge < -0.3 is 9.88 Å². The fourth-order valence-electron chi connectivity index (χ4n) is 11.9. The van der Waals surface area contributed by atoms with Gasteiger partial charge in [0.25, 0.3) is 0 Å². The van der Waals surface area contributed by atoms with E-state index in [2.05, 4.69) is 201 Å². The Labute approximate surface area is 365 Å². The molecule has 1 N–H and O–H groups in total. The molecule has 14 rings (SSSR count). The van der Waals surface area contributed by atoms with E-state index < -0.39 is 0 Å². The highest BCUT2D eigenvalue weighted by molar-refractivity contribution is 7.26. The van der Waals surface area contributed by atoms with Crippen LogP contribution in [0.3, 0.4) is 0 Å². The number of rotatable bonds is 2. The normalized spacial score (nSPS) is 15.1. The number of aromatic amines is 1. The molecule has 2 aliphatic carbocycles. The molecule has 0 bridgehead atoms. The van der Waals surface area contributed by atoms with E-state index >= 15 is 0 Å². The Kier molecular flexibility index (Phi) is 6.70.